The highest BCUT2D eigenvalue weighted by Crippen LogP contribution is 2.24. The van der Waals surface area contributed by atoms with Gasteiger partial charge >= 0.3 is 11.6 Å². The summed E-state index contributed by atoms with van der Waals surface area (Å²) in [4.78, 5) is 24.2. The molecule has 0 spiro atoms. The fourth-order valence-corrected chi connectivity index (χ4v) is 4.33. The number of sulfonamides is 1. The lowest BCUT2D eigenvalue weighted by Gasteiger charge is -2.08. The van der Waals surface area contributed by atoms with E-state index in [1.165, 1.54) is 0 Å². The summed E-state index contributed by atoms with van der Waals surface area (Å²) in [6, 6.07) is 11.6. The summed E-state index contributed by atoms with van der Waals surface area (Å²) < 4.78 is 37.7. The number of fused-ring (bicyclic) bond motifs is 1. The minimum atomic E-state index is -3.52. The summed E-state index contributed by atoms with van der Waals surface area (Å²) in [6.45, 7) is 5.76. The van der Waals surface area contributed by atoms with E-state index in [4.69, 9.17) is 9.15 Å². The molecule has 7 nitrogen and oxygen atoms in total. The van der Waals surface area contributed by atoms with Crippen molar-refractivity contribution in [3.05, 3.63) is 69.6 Å². The molecule has 0 saturated carbocycles. The van der Waals surface area contributed by atoms with Crippen LogP contribution in [0.2, 0.25) is 0 Å². The number of hydrogen-bond donors (Lipinski definition) is 1. The van der Waals surface area contributed by atoms with Gasteiger partial charge in [-0.3, -0.25) is 4.79 Å². The normalized spacial score (nSPS) is 11.6. The van der Waals surface area contributed by atoms with E-state index >= 15 is 0 Å². The number of rotatable bonds is 9. The average Bonchev–Trinajstić information content (AvgIpc) is 2.74. The van der Waals surface area contributed by atoms with Crippen molar-refractivity contribution in [2.75, 3.05) is 6.54 Å². The van der Waals surface area contributed by atoms with Crippen molar-refractivity contribution in [2.45, 2.75) is 51.3 Å². The Morgan fingerprint density at radius 2 is 1.69 bits per heavy atom. The topological polar surface area (TPSA) is 103 Å². The Morgan fingerprint density at radius 3 is 2.41 bits per heavy atom. The number of hydrogen-bond acceptors (Lipinski definition) is 6. The number of ether oxygens (including phenoxy) is 1. The second kappa shape index (κ2) is 10.1. The van der Waals surface area contributed by atoms with E-state index in [1.54, 1.807) is 49.4 Å². The zero-order chi connectivity index (χ0) is 23.3. The minimum absolute atomic E-state index is 0.208. The van der Waals surface area contributed by atoms with Gasteiger partial charge in [-0.15, -0.1) is 0 Å². The molecular formula is C24H27NO6S. The molecule has 0 aliphatic carbocycles. The van der Waals surface area contributed by atoms with E-state index in [2.05, 4.69) is 4.72 Å². The van der Waals surface area contributed by atoms with Crippen molar-refractivity contribution >= 4 is 27.0 Å². The second-order valence-corrected chi connectivity index (χ2v) is 9.56. The molecule has 0 aliphatic heterocycles. The van der Waals surface area contributed by atoms with Gasteiger partial charge < -0.3 is 9.15 Å². The maximum Gasteiger partial charge on any atom is 0.339 e. The zero-order valence-corrected chi connectivity index (χ0v) is 19.3. The Balaban J connectivity index is 1.43. The Labute approximate surface area is 187 Å². The predicted molar refractivity (Wildman–Crippen MR) is 122 cm³/mol. The first-order valence-corrected chi connectivity index (χ1v) is 12.0. The Bertz CT molecular complexity index is 1280. The molecule has 0 bridgehead atoms. The highest BCUT2D eigenvalue weighted by atomic mass is 32.2. The SMILES string of the molecule is Cc1ccc(S(=O)(=O)NCCCCCC(=O)Oc2ccc3c(C)c(C)c(=O)oc3c2)cc1. The third kappa shape index (κ3) is 5.83. The highest BCUT2D eigenvalue weighted by Gasteiger charge is 2.13. The van der Waals surface area contributed by atoms with E-state index in [-0.39, 0.29) is 11.3 Å². The molecule has 0 aliphatic rings. The zero-order valence-electron chi connectivity index (χ0n) is 18.4. The Morgan fingerprint density at radius 1 is 0.969 bits per heavy atom. The standard InChI is InChI=1S/C24H27NO6S/c1-16-8-11-20(12-9-16)32(28,29)25-14-6-4-5-7-23(26)30-19-10-13-21-17(2)18(3)24(27)31-22(21)15-19/h8-13,15,25H,4-7,14H2,1-3H3. The van der Waals surface area contributed by atoms with Crippen molar-refractivity contribution in [2.24, 2.45) is 0 Å². The molecule has 1 aromatic heterocycles. The van der Waals surface area contributed by atoms with Gasteiger partial charge in [-0.25, -0.2) is 17.9 Å². The van der Waals surface area contributed by atoms with Crippen LogP contribution in [0.5, 0.6) is 5.75 Å². The van der Waals surface area contributed by atoms with Gasteiger partial charge in [0.25, 0.3) is 0 Å². The van der Waals surface area contributed by atoms with Gasteiger partial charge in [0.1, 0.15) is 11.3 Å². The number of esters is 1. The van der Waals surface area contributed by atoms with Gasteiger partial charge in [-0.2, -0.15) is 0 Å². The third-order valence-electron chi connectivity index (χ3n) is 5.34. The lowest BCUT2D eigenvalue weighted by atomic mass is 10.1. The molecule has 0 amide bonds. The maximum absolute atomic E-state index is 12.2. The molecule has 3 rings (SSSR count). The summed E-state index contributed by atoms with van der Waals surface area (Å²) in [6.07, 6.45) is 2.07. The molecule has 1 N–H and O–H groups in total. The van der Waals surface area contributed by atoms with Gasteiger partial charge in [0, 0.05) is 30.0 Å². The number of aryl methyl sites for hydroxylation is 2. The molecule has 3 aromatic rings. The molecule has 8 heteroatoms. The van der Waals surface area contributed by atoms with Gasteiger partial charge in [0.15, 0.2) is 0 Å². The first-order valence-electron chi connectivity index (χ1n) is 10.5. The van der Waals surface area contributed by atoms with E-state index in [0.717, 1.165) is 16.5 Å². The van der Waals surface area contributed by atoms with Crippen LogP contribution < -0.4 is 15.1 Å². The first kappa shape index (κ1) is 23.7. The van der Waals surface area contributed by atoms with E-state index in [0.29, 0.717) is 42.7 Å². The average molecular weight is 458 g/mol. The quantitative estimate of drug-likeness (QED) is 0.224. The van der Waals surface area contributed by atoms with E-state index < -0.39 is 21.6 Å². The van der Waals surface area contributed by atoms with E-state index in [9.17, 15) is 18.0 Å². The van der Waals surface area contributed by atoms with Gasteiger partial charge in [0.05, 0.1) is 4.90 Å². The molecular weight excluding hydrogens is 430 g/mol. The molecule has 0 radical (unpaired) electrons. The van der Waals surface area contributed by atoms with Crippen LogP contribution in [-0.2, 0) is 14.8 Å². The summed E-state index contributed by atoms with van der Waals surface area (Å²) in [5, 5.41) is 0.801. The number of nitrogens with one attached hydrogen (secondary N) is 1. The van der Waals surface area contributed by atoms with Crippen LogP contribution in [0.3, 0.4) is 0 Å². The van der Waals surface area contributed by atoms with Crippen LogP contribution >= 0.6 is 0 Å². The fourth-order valence-electron chi connectivity index (χ4n) is 3.25. The number of carbonyl (C=O) groups is 1. The lowest BCUT2D eigenvalue weighted by Crippen LogP contribution is -2.24. The molecule has 32 heavy (non-hydrogen) atoms. The van der Waals surface area contributed by atoms with Crippen LogP contribution in [0, 0.1) is 20.8 Å². The summed E-state index contributed by atoms with van der Waals surface area (Å²) in [7, 11) is -3.52. The second-order valence-electron chi connectivity index (χ2n) is 7.79. The number of unbranched alkanes of at least 4 members (excludes halogenated alkanes) is 2. The molecule has 1 heterocycles. The first-order chi connectivity index (χ1) is 15.2. The molecule has 0 saturated heterocycles. The highest BCUT2D eigenvalue weighted by molar-refractivity contribution is 7.89. The van der Waals surface area contributed by atoms with Gasteiger partial charge in [0.2, 0.25) is 10.0 Å². The lowest BCUT2D eigenvalue weighted by molar-refractivity contribution is -0.134. The van der Waals surface area contributed by atoms with Gasteiger partial charge in [-0.05, 0) is 63.4 Å². The Kier molecular flexibility index (Phi) is 7.48. The fraction of sp³-hybridized carbons (Fsp3) is 0.333. The molecule has 0 atom stereocenters. The van der Waals surface area contributed by atoms with Crippen molar-refractivity contribution < 1.29 is 22.4 Å². The maximum atomic E-state index is 12.2. The summed E-state index contributed by atoms with van der Waals surface area (Å²) in [5.74, 6) is -0.0736. The van der Waals surface area contributed by atoms with Crippen molar-refractivity contribution in [3.8, 4) is 5.75 Å². The van der Waals surface area contributed by atoms with Gasteiger partial charge in [-0.1, -0.05) is 24.1 Å². The molecule has 0 fully saturated rings. The van der Waals surface area contributed by atoms with E-state index in [1.807, 2.05) is 13.8 Å². The van der Waals surface area contributed by atoms with Crippen molar-refractivity contribution in [3.63, 3.8) is 0 Å². The van der Waals surface area contributed by atoms with Crippen LogP contribution in [0.15, 0.2) is 56.6 Å². The molecule has 0 unspecified atom stereocenters. The van der Waals surface area contributed by atoms with Crippen molar-refractivity contribution in [1.82, 2.24) is 4.72 Å². The predicted octanol–water partition coefficient (Wildman–Crippen LogP) is 4.16. The molecule has 2 aromatic carbocycles. The molecule has 170 valence electrons. The minimum Gasteiger partial charge on any atom is -0.426 e. The van der Waals surface area contributed by atoms with Crippen molar-refractivity contribution in [1.29, 1.82) is 0 Å². The third-order valence-corrected chi connectivity index (χ3v) is 6.82. The van der Waals surface area contributed by atoms with Crippen LogP contribution in [0.1, 0.15) is 42.4 Å². The van der Waals surface area contributed by atoms with Crippen LogP contribution in [0.4, 0.5) is 0 Å². The summed E-state index contributed by atoms with van der Waals surface area (Å²) >= 11 is 0. The summed E-state index contributed by atoms with van der Waals surface area (Å²) in [5.41, 5.74) is 2.37. The smallest absolute Gasteiger partial charge is 0.339 e. The van der Waals surface area contributed by atoms with Crippen LogP contribution in [-0.4, -0.2) is 20.9 Å². The largest absolute Gasteiger partial charge is 0.426 e. The monoisotopic (exact) mass is 457 g/mol. The Hall–Kier alpha value is -2.97. The number of carbonyl (C=O) groups excluding carboxylic acids is 1. The number of benzene rings is 2. The van der Waals surface area contributed by atoms with Crippen LogP contribution in [0.25, 0.3) is 11.0 Å².